The maximum absolute atomic E-state index is 13.2. The second-order valence-electron chi connectivity index (χ2n) is 8.39. The van der Waals surface area contributed by atoms with Gasteiger partial charge in [-0.05, 0) is 37.3 Å². The average Bonchev–Trinajstić information content (AvgIpc) is 3.57. The Hall–Kier alpha value is -3.47. The van der Waals surface area contributed by atoms with E-state index in [1.54, 1.807) is 49.1 Å². The third-order valence-corrected chi connectivity index (χ3v) is 7.42. The van der Waals surface area contributed by atoms with Crippen LogP contribution in [0.3, 0.4) is 0 Å². The molecule has 182 valence electrons. The van der Waals surface area contributed by atoms with Crippen LogP contribution >= 0.6 is 11.3 Å². The number of fused-ring (bicyclic) bond motifs is 2. The highest BCUT2D eigenvalue weighted by molar-refractivity contribution is 7.21. The standard InChI is InChI=1S/C25H26N4O5S/c1-14-9-15-10-16(5-6-18(15)29(14)25(31)26-2)34-19-7-8-27-17-11-22(35-23(17)19)24(30)28-12-20(32-3)21(13-28)33-4/h5-11,20-21H,12-13H2,1-4H3,(H,26,31)/t20-,21-/m0/s1. The predicted octanol–water partition coefficient (Wildman–Crippen LogP) is 4.03. The van der Waals surface area contributed by atoms with E-state index >= 15 is 0 Å². The van der Waals surface area contributed by atoms with Gasteiger partial charge in [0.1, 0.15) is 23.7 Å². The summed E-state index contributed by atoms with van der Waals surface area (Å²) in [7, 11) is 4.86. The smallest absolute Gasteiger partial charge is 0.325 e. The molecular weight excluding hydrogens is 468 g/mol. The molecule has 35 heavy (non-hydrogen) atoms. The van der Waals surface area contributed by atoms with Crippen molar-refractivity contribution < 1.29 is 23.8 Å². The zero-order chi connectivity index (χ0) is 24.7. The molecule has 10 heteroatoms. The molecular formula is C25H26N4O5S. The van der Waals surface area contributed by atoms with E-state index in [2.05, 4.69) is 10.3 Å². The Kier molecular flexibility index (Phi) is 6.18. The van der Waals surface area contributed by atoms with Crippen LogP contribution in [0.15, 0.2) is 42.6 Å². The summed E-state index contributed by atoms with van der Waals surface area (Å²) in [5.41, 5.74) is 2.33. The summed E-state index contributed by atoms with van der Waals surface area (Å²) < 4.78 is 19.6. The van der Waals surface area contributed by atoms with Crippen molar-refractivity contribution in [2.24, 2.45) is 0 Å². The number of amides is 2. The van der Waals surface area contributed by atoms with Crippen LogP contribution in [0.25, 0.3) is 21.1 Å². The molecule has 1 aliphatic rings. The van der Waals surface area contributed by atoms with Crippen LogP contribution in [0.4, 0.5) is 4.79 Å². The van der Waals surface area contributed by atoms with Gasteiger partial charge < -0.3 is 24.4 Å². The minimum Gasteiger partial charge on any atom is -0.456 e. The van der Waals surface area contributed by atoms with E-state index in [0.29, 0.717) is 35.0 Å². The average molecular weight is 495 g/mol. The van der Waals surface area contributed by atoms with Crippen LogP contribution in [0.5, 0.6) is 11.5 Å². The first-order chi connectivity index (χ1) is 16.9. The highest BCUT2D eigenvalue weighted by atomic mass is 32.1. The number of methoxy groups -OCH3 is 2. The summed E-state index contributed by atoms with van der Waals surface area (Å²) in [5.74, 6) is 1.17. The number of aromatic nitrogens is 2. The quantitative estimate of drug-likeness (QED) is 0.450. The summed E-state index contributed by atoms with van der Waals surface area (Å²) in [6, 6.07) is 10.9. The van der Waals surface area contributed by atoms with Crippen molar-refractivity contribution in [3.63, 3.8) is 0 Å². The van der Waals surface area contributed by atoms with Gasteiger partial charge in [0, 0.05) is 57.7 Å². The summed E-state index contributed by atoms with van der Waals surface area (Å²) in [6.07, 6.45) is 1.38. The number of pyridine rings is 1. The van der Waals surface area contributed by atoms with E-state index in [1.165, 1.54) is 11.3 Å². The Balaban J connectivity index is 1.42. The maximum atomic E-state index is 13.2. The number of nitrogens with zero attached hydrogens (tertiary/aromatic N) is 3. The van der Waals surface area contributed by atoms with E-state index in [-0.39, 0.29) is 24.1 Å². The molecule has 0 aliphatic carbocycles. The lowest BCUT2D eigenvalue weighted by molar-refractivity contribution is -0.00461. The summed E-state index contributed by atoms with van der Waals surface area (Å²) in [6.45, 7) is 2.85. The zero-order valence-corrected chi connectivity index (χ0v) is 20.7. The van der Waals surface area contributed by atoms with Crippen molar-refractivity contribution in [1.29, 1.82) is 0 Å². The zero-order valence-electron chi connectivity index (χ0n) is 19.9. The number of hydrogen-bond donors (Lipinski definition) is 1. The molecule has 0 unspecified atom stereocenters. The van der Waals surface area contributed by atoms with Gasteiger partial charge in [0.15, 0.2) is 0 Å². The van der Waals surface area contributed by atoms with Crippen LogP contribution in [-0.4, -0.2) is 73.0 Å². The SMILES string of the molecule is CNC(=O)n1c(C)cc2cc(Oc3ccnc4cc(C(=O)N5C[C@H](OC)[C@@H](OC)C5)sc34)ccc21. The predicted molar refractivity (Wildman–Crippen MR) is 134 cm³/mol. The third kappa shape index (κ3) is 4.13. The van der Waals surface area contributed by atoms with Crippen molar-refractivity contribution in [1.82, 2.24) is 19.8 Å². The number of thiophene rings is 1. The molecule has 3 aromatic heterocycles. The van der Waals surface area contributed by atoms with E-state index in [9.17, 15) is 9.59 Å². The van der Waals surface area contributed by atoms with Gasteiger partial charge in [-0.1, -0.05) is 0 Å². The first kappa shape index (κ1) is 23.3. The third-order valence-electron chi connectivity index (χ3n) is 6.30. The van der Waals surface area contributed by atoms with Gasteiger partial charge in [0.25, 0.3) is 5.91 Å². The number of carbonyl (C=O) groups is 2. The van der Waals surface area contributed by atoms with Crippen molar-refractivity contribution in [3.05, 3.63) is 53.2 Å². The fourth-order valence-corrected chi connectivity index (χ4v) is 5.56. The van der Waals surface area contributed by atoms with Crippen molar-refractivity contribution in [3.8, 4) is 11.5 Å². The normalized spacial score (nSPS) is 17.9. The van der Waals surface area contributed by atoms with E-state index < -0.39 is 0 Å². The summed E-state index contributed by atoms with van der Waals surface area (Å²) in [5, 5.41) is 3.55. The number of ether oxygens (including phenoxy) is 3. The Morgan fingerprint density at radius 1 is 1.09 bits per heavy atom. The van der Waals surface area contributed by atoms with Crippen LogP contribution in [0.1, 0.15) is 15.4 Å². The molecule has 0 spiro atoms. The van der Waals surface area contributed by atoms with Crippen LogP contribution in [0.2, 0.25) is 0 Å². The van der Waals surface area contributed by atoms with Crippen LogP contribution < -0.4 is 10.1 Å². The molecule has 1 fully saturated rings. The lowest BCUT2D eigenvalue weighted by Crippen LogP contribution is -2.29. The van der Waals surface area contributed by atoms with Gasteiger partial charge in [-0.2, -0.15) is 0 Å². The Morgan fingerprint density at radius 2 is 1.83 bits per heavy atom. The molecule has 1 N–H and O–H groups in total. The second kappa shape index (κ2) is 9.29. The molecule has 0 bridgehead atoms. The van der Waals surface area contributed by atoms with Crippen LogP contribution in [0, 0.1) is 6.92 Å². The Morgan fingerprint density at radius 3 is 2.51 bits per heavy atom. The van der Waals surface area contributed by atoms with Gasteiger partial charge in [-0.15, -0.1) is 11.3 Å². The first-order valence-corrected chi connectivity index (χ1v) is 12.0. The number of hydrogen-bond acceptors (Lipinski definition) is 7. The minimum atomic E-state index is -0.190. The van der Waals surface area contributed by atoms with E-state index in [0.717, 1.165) is 21.3 Å². The van der Waals surface area contributed by atoms with Crippen molar-refractivity contribution in [2.45, 2.75) is 19.1 Å². The minimum absolute atomic E-state index is 0.0759. The van der Waals surface area contributed by atoms with E-state index in [4.69, 9.17) is 14.2 Å². The molecule has 2 atom stereocenters. The topological polar surface area (TPSA) is 94.9 Å². The van der Waals surface area contributed by atoms with Gasteiger partial charge in [0.05, 0.1) is 20.6 Å². The number of aryl methyl sites for hydroxylation is 1. The Bertz CT molecular complexity index is 1420. The first-order valence-electron chi connectivity index (χ1n) is 11.2. The number of rotatable bonds is 5. The summed E-state index contributed by atoms with van der Waals surface area (Å²) in [4.78, 5) is 32.2. The molecule has 4 aromatic rings. The number of likely N-dealkylation sites (tertiary alicyclic amines) is 1. The molecule has 0 radical (unpaired) electrons. The van der Waals surface area contributed by atoms with Gasteiger partial charge in [-0.25, -0.2) is 4.79 Å². The molecule has 9 nitrogen and oxygen atoms in total. The van der Waals surface area contributed by atoms with Crippen molar-refractivity contribution in [2.75, 3.05) is 34.4 Å². The molecule has 2 amide bonds. The molecule has 1 aromatic carbocycles. The molecule has 1 saturated heterocycles. The molecule has 5 rings (SSSR count). The number of benzene rings is 1. The largest absolute Gasteiger partial charge is 0.456 e. The van der Waals surface area contributed by atoms with E-state index in [1.807, 2.05) is 31.2 Å². The van der Waals surface area contributed by atoms with Gasteiger partial charge in [0.2, 0.25) is 0 Å². The lowest BCUT2D eigenvalue weighted by Gasteiger charge is -2.14. The van der Waals surface area contributed by atoms with Crippen LogP contribution in [-0.2, 0) is 9.47 Å². The number of carbonyl (C=O) groups excluding carboxylic acids is 2. The lowest BCUT2D eigenvalue weighted by atomic mass is 10.2. The highest BCUT2D eigenvalue weighted by Gasteiger charge is 2.36. The van der Waals surface area contributed by atoms with Gasteiger partial charge in [-0.3, -0.25) is 14.3 Å². The maximum Gasteiger partial charge on any atom is 0.325 e. The second-order valence-corrected chi connectivity index (χ2v) is 9.44. The fourth-order valence-electron chi connectivity index (χ4n) is 4.52. The molecule has 1 aliphatic heterocycles. The summed E-state index contributed by atoms with van der Waals surface area (Å²) >= 11 is 1.36. The van der Waals surface area contributed by atoms with Crippen molar-refractivity contribution >= 4 is 44.4 Å². The Labute approximate surface area is 206 Å². The monoisotopic (exact) mass is 494 g/mol. The molecule has 4 heterocycles. The van der Waals surface area contributed by atoms with Gasteiger partial charge >= 0.3 is 6.03 Å². The number of nitrogens with one attached hydrogen (secondary N) is 1. The highest BCUT2D eigenvalue weighted by Crippen LogP contribution is 2.37. The fraction of sp³-hybridized carbons (Fsp3) is 0.320. The molecule has 0 saturated carbocycles.